The molecule has 2 aliphatic rings. The quantitative estimate of drug-likeness (QED) is 0.158. The van der Waals surface area contributed by atoms with Crippen LogP contribution in [0, 0.1) is 0 Å². The molecule has 2 aromatic heterocycles. The van der Waals surface area contributed by atoms with Gasteiger partial charge in [-0.25, -0.2) is 15.0 Å². The van der Waals surface area contributed by atoms with Gasteiger partial charge >= 0.3 is 0 Å². The van der Waals surface area contributed by atoms with Crippen LogP contribution in [0.25, 0.3) is 11.1 Å². The molecule has 0 radical (unpaired) electrons. The van der Waals surface area contributed by atoms with Crippen molar-refractivity contribution < 1.29 is 9.59 Å². The third kappa shape index (κ3) is 5.91. The summed E-state index contributed by atoms with van der Waals surface area (Å²) in [7, 11) is 3.98. The molecule has 10 heteroatoms. The van der Waals surface area contributed by atoms with Crippen molar-refractivity contribution in [3.05, 3.63) is 82.9 Å². The Morgan fingerprint density at radius 3 is 2.64 bits per heavy atom. The van der Waals surface area contributed by atoms with Crippen LogP contribution in [-0.4, -0.2) is 70.1 Å². The van der Waals surface area contributed by atoms with Gasteiger partial charge in [0.25, 0.3) is 5.91 Å². The first-order chi connectivity index (χ1) is 20.5. The van der Waals surface area contributed by atoms with E-state index in [1.165, 1.54) is 29.7 Å². The van der Waals surface area contributed by atoms with Crippen molar-refractivity contribution in [1.82, 2.24) is 24.3 Å². The van der Waals surface area contributed by atoms with E-state index in [0.29, 0.717) is 28.0 Å². The lowest BCUT2D eigenvalue weighted by atomic mass is 9.88. The van der Waals surface area contributed by atoms with Crippen molar-refractivity contribution in [1.29, 1.82) is 0 Å². The average molecular weight is 582 g/mol. The topological polar surface area (TPSA) is 95.7 Å². The Kier molecular flexibility index (Phi) is 8.25. The van der Waals surface area contributed by atoms with Gasteiger partial charge in [-0.3, -0.25) is 14.9 Å². The SMILES string of the molecule is CN1CCC(c2ccc(-c3ccc(/N=C\N(C)C(C(=O)Nc4nccs4)c4ncn5c4CCC5)c(C=O)c3)cc2)CC1. The number of amides is 1. The summed E-state index contributed by atoms with van der Waals surface area (Å²) < 4.78 is 2.10. The molecule has 1 atom stereocenters. The van der Waals surface area contributed by atoms with Crippen LogP contribution in [0.2, 0.25) is 0 Å². The summed E-state index contributed by atoms with van der Waals surface area (Å²) in [5.74, 6) is 0.368. The molecule has 1 fully saturated rings. The monoisotopic (exact) mass is 581 g/mol. The lowest BCUT2D eigenvalue weighted by Crippen LogP contribution is -2.35. The Bertz CT molecular complexity index is 1570. The molecule has 216 valence electrons. The maximum Gasteiger partial charge on any atom is 0.255 e. The van der Waals surface area contributed by atoms with Crippen LogP contribution in [0.15, 0.2) is 65.4 Å². The first-order valence-corrected chi connectivity index (χ1v) is 15.3. The number of aryl methyl sites for hydroxylation is 1. The zero-order valence-corrected chi connectivity index (χ0v) is 24.8. The van der Waals surface area contributed by atoms with Crippen LogP contribution in [0.3, 0.4) is 0 Å². The van der Waals surface area contributed by atoms with Gasteiger partial charge in [-0.2, -0.15) is 0 Å². The first-order valence-electron chi connectivity index (χ1n) is 14.4. The Hall–Kier alpha value is -4.15. The van der Waals surface area contributed by atoms with Crippen molar-refractivity contribution in [2.24, 2.45) is 4.99 Å². The van der Waals surface area contributed by atoms with E-state index in [0.717, 1.165) is 55.6 Å². The largest absolute Gasteiger partial charge is 0.349 e. The van der Waals surface area contributed by atoms with E-state index >= 15 is 0 Å². The van der Waals surface area contributed by atoms with Gasteiger partial charge in [0, 0.05) is 36.4 Å². The lowest BCUT2D eigenvalue weighted by Gasteiger charge is -2.29. The highest BCUT2D eigenvalue weighted by Crippen LogP contribution is 2.32. The molecule has 1 unspecified atom stereocenters. The zero-order valence-electron chi connectivity index (χ0n) is 23.9. The molecule has 0 spiro atoms. The highest BCUT2D eigenvalue weighted by Gasteiger charge is 2.31. The molecule has 1 saturated heterocycles. The van der Waals surface area contributed by atoms with E-state index in [1.54, 1.807) is 30.8 Å². The molecular formula is C32H35N7O2S. The van der Waals surface area contributed by atoms with Crippen LogP contribution in [0.1, 0.15) is 58.5 Å². The van der Waals surface area contributed by atoms with Crippen LogP contribution >= 0.6 is 11.3 Å². The molecular weight excluding hydrogens is 546 g/mol. The van der Waals surface area contributed by atoms with Gasteiger partial charge in [0.1, 0.15) is 0 Å². The Balaban J connectivity index is 1.21. The van der Waals surface area contributed by atoms with E-state index in [4.69, 9.17) is 0 Å². The van der Waals surface area contributed by atoms with E-state index in [9.17, 15) is 9.59 Å². The van der Waals surface area contributed by atoms with Crippen LogP contribution in [0.5, 0.6) is 0 Å². The Morgan fingerprint density at radius 2 is 1.90 bits per heavy atom. The van der Waals surface area contributed by atoms with Gasteiger partial charge in [-0.15, -0.1) is 11.3 Å². The normalized spacial score (nSPS) is 16.4. The summed E-state index contributed by atoms with van der Waals surface area (Å²) in [5, 5.41) is 5.26. The Labute approximate surface area is 249 Å². The number of nitrogens with one attached hydrogen (secondary N) is 1. The summed E-state index contributed by atoms with van der Waals surface area (Å²) in [6, 6.07) is 13.7. The van der Waals surface area contributed by atoms with Gasteiger partial charge < -0.3 is 14.4 Å². The molecule has 2 aliphatic heterocycles. The number of carbonyl (C=O) groups excluding carboxylic acids is 2. The summed E-state index contributed by atoms with van der Waals surface area (Å²) in [6.07, 6.45) is 10.2. The molecule has 0 bridgehead atoms. The molecule has 0 aliphatic carbocycles. The Morgan fingerprint density at radius 1 is 1.12 bits per heavy atom. The van der Waals surface area contributed by atoms with Crippen LogP contribution < -0.4 is 5.32 Å². The fourth-order valence-corrected chi connectivity index (χ4v) is 6.48. The third-order valence-electron chi connectivity index (χ3n) is 8.34. The number of aliphatic imine (C=N–C) groups is 1. The maximum absolute atomic E-state index is 13.5. The number of hydrogen-bond acceptors (Lipinski definition) is 7. The summed E-state index contributed by atoms with van der Waals surface area (Å²) in [6.45, 7) is 3.17. The standard InChI is InChI=1S/C32H35N7O2S/c1-37-15-11-24(12-16-37)22-5-7-23(8-6-22)25-9-10-27(26(18-25)19-40)34-20-38(2)30(31(41)36-32-33-13-17-42-32)29-28-4-3-14-39(28)21-35-29/h5-10,13,17-21,24,30H,3-4,11-12,14-16H2,1-2H3,(H,33,36,41)/b34-20-. The number of thiazole rings is 1. The molecule has 42 heavy (non-hydrogen) atoms. The summed E-state index contributed by atoms with van der Waals surface area (Å²) in [4.78, 5) is 43.1. The van der Waals surface area contributed by atoms with E-state index in [2.05, 4.69) is 61.1 Å². The fraction of sp³-hybridized carbons (Fsp3) is 0.344. The van der Waals surface area contributed by atoms with Crippen molar-refractivity contribution in [3.63, 3.8) is 0 Å². The summed E-state index contributed by atoms with van der Waals surface area (Å²) >= 11 is 1.36. The number of rotatable bonds is 9. The van der Waals surface area contributed by atoms with E-state index < -0.39 is 6.04 Å². The lowest BCUT2D eigenvalue weighted by molar-refractivity contribution is -0.119. The predicted octanol–water partition coefficient (Wildman–Crippen LogP) is 5.55. The van der Waals surface area contributed by atoms with Crippen LogP contribution in [-0.2, 0) is 17.8 Å². The van der Waals surface area contributed by atoms with E-state index in [-0.39, 0.29) is 5.91 Å². The molecule has 4 heterocycles. The van der Waals surface area contributed by atoms with Gasteiger partial charge in [0.15, 0.2) is 17.5 Å². The first kappa shape index (κ1) is 28.0. The van der Waals surface area contributed by atoms with Gasteiger partial charge in [-0.05, 0) is 80.6 Å². The molecule has 4 aromatic rings. The number of anilines is 1. The van der Waals surface area contributed by atoms with Gasteiger partial charge in [-0.1, -0.05) is 30.3 Å². The van der Waals surface area contributed by atoms with Crippen LogP contribution in [0.4, 0.5) is 10.8 Å². The van der Waals surface area contributed by atoms with Crippen molar-refractivity contribution >= 4 is 40.7 Å². The summed E-state index contributed by atoms with van der Waals surface area (Å²) in [5.41, 5.74) is 6.22. The molecule has 6 rings (SSSR count). The minimum absolute atomic E-state index is 0.234. The van der Waals surface area contributed by atoms with Crippen molar-refractivity contribution in [2.75, 3.05) is 32.5 Å². The second kappa shape index (κ2) is 12.4. The van der Waals surface area contributed by atoms with Crippen molar-refractivity contribution in [2.45, 2.75) is 44.2 Å². The van der Waals surface area contributed by atoms with Gasteiger partial charge in [0.05, 0.1) is 24.0 Å². The second-order valence-corrected chi connectivity index (χ2v) is 12.0. The molecule has 2 aromatic carbocycles. The number of hydrogen-bond donors (Lipinski definition) is 1. The number of aromatic nitrogens is 3. The highest BCUT2D eigenvalue weighted by molar-refractivity contribution is 7.13. The van der Waals surface area contributed by atoms with Gasteiger partial charge in [0.2, 0.25) is 0 Å². The molecule has 0 saturated carbocycles. The molecule has 9 nitrogen and oxygen atoms in total. The average Bonchev–Trinajstić information content (AvgIpc) is 3.78. The fourth-order valence-electron chi connectivity index (χ4n) is 5.95. The number of piperidine rings is 1. The van der Waals surface area contributed by atoms with Crippen molar-refractivity contribution in [3.8, 4) is 11.1 Å². The number of carbonyl (C=O) groups is 2. The molecule has 1 amide bonds. The maximum atomic E-state index is 13.5. The molecule has 1 N–H and O–H groups in total. The zero-order chi connectivity index (χ0) is 29.1. The van der Waals surface area contributed by atoms with E-state index in [1.807, 2.05) is 23.6 Å². The second-order valence-electron chi connectivity index (χ2n) is 11.1. The predicted molar refractivity (Wildman–Crippen MR) is 167 cm³/mol. The minimum atomic E-state index is -0.700. The number of benzene rings is 2. The number of nitrogens with zero attached hydrogens (tertiary/aromatic N) is 6. The minimum Gasteiger partial charge on any atom is -0.349 e. The number of fused-ring (bicyclic) bond motifs is 1. The number of likely N-dealkylation sites (N-methyl/N-ethyl adjacent to an activating group) is 1. The smallest absolute Gasteiger partial charge is 0.255 e. The third-order valence-corrected chi connectivity index (χ3v) is 9.02. The number of likely N-dealkylation sites (tertiary alicyclic amines) is 1. The highest BCUT2D eigenvalue weighted by atomic mass is 32.1. The number of imidazole rings is 1. The number of aldehydes is 1.